The number of benzene rings is 1. The molecule has 0 bridgehead atoms. The standard InChI is InChI=1S/C22H26N4OS3/c1-28-18-10-5-7-16(13-18)23-21(27)15-30-22-25-24-20(14-19-11-6-12-29-19)26(22)17-8-3-2-4-9-17/h5-7,10-13,17H,2-4,8-9,14-15H2,1H3,(H,23,27). The average Bonchev–Trinajstić information content (AvgIpc) is 3.43. The SMILES string of the molecule is CSc1cccc(NC(=O)CSc2nnc(Cc3cccs3)n2C2CCCCC2)c1. The third-order valence-electron chi connectivity index (χ3n) is 5.27. The normalized spacial score (nSPS) is 14.7. The lowest BCUT2D eigenvalue weighted by molar-refractivity contribution is -0.113. The summed E-state index contributed by atoms with van der Waals surface area (Å²) >= 11 is 4.90. The van der Waals surface area contributed by atoms with E-state index in [1.54, 1.807) is 23.1 Å². The fraction of sp³-hybridized carbons (Fsp3) is 0.409. The van der Waals surface area contributed by atoms with Crippen LogP contribution in [-0.4, -0.2) is 32.7 Å². The molecule has 2 aromatic heterocycles. The highest BCUT2D eigenvalue weighted by Crippen LogP contribution is 2.33. The van der Waals surface area contributed by atoms with Crippen LogP contribution in [0.25, 0.3) is 0 Å². The molecule has 4 rings (SSSR count). The Morgan fingerprint density at radius 1 is 1.20 bits per heavy atom. The molecule has 1 N–H and O–H groups in total. The number of nitrogens with one attached hydrogen (secondary N) is 1. The number of hydrogen-bond donors (Lipinski definition) is 1. The Morgan fingerprint density at radius 3 is 2.83 bits per heavy atom. The summed E-state index contributed by atoms with van der Waals surface area (Å²) in [5, 5.41) is 15.0. The maximum atomic E-state index is 12.5. The molecule has 5 nitrogen and oxygen atoms in total. The first-order chi connectivity index (χ1) is 14.7. The molecule has 0 radical (unpaired) electrons. The number of aromatic nitrogens is 3. The van der Waals surface area contributed by atoms with Crippen molar-refractivity contribution in [2.24, 2.45) is 0 Å². The van der Waals surface area contributed by atoms with E-state index in [2.05, 4.69) is 37.6 Å². The molecule has 1 aliphatic rings. The number of thiophene rings is 1. The maximum absolute atomic E-state index is 12.5. The lowest BCUT2D eigenvalue weighted by Gasteiger charge is -2.25. The molecule has 3 aromatic rings. The number of hydrogen-bond acceptors (Lipinski definition) is 6. The summed E-state index contributed by atoms with van der Waals surface area (Å²) in [6, 6.07) is 12.6. The van der Waals surface area contributed by atoms with Gasteiger partial charge in [0.05, 0.1) is 5.75 Å². The van der Waals surface area contributed by atoms with Gasteiger partial charge in [-0.1, -0.05) is 43.2 Å². The number of amides is 1. The van der Waals surface area contributed by atoms with E-state index in [1.807, 2.05) is 30.5 Å². The minimum absolute atomic E-state index is 0.0174. The molecule has 1 fully saturated rings. The van der Waals surface area contributed by atoms with E-state index in [0.29, 0.717) is 11.8 Å². The third kappa shape index (κ3) is 5.47. The van der Waals surface area contributed by atoms with E-state index in [4.69, 9.17) is 0 Å². The third-order valence-corrected chi connectivity index (χ3v) is 7.82. The minimum atomic E-state index is -0.0174. The van der Waals surface area contributed by atoms with Crippen molar-refractivity contribution >= 4 is 46.5 Å². The predicted molar refractivity (Wildman–Crippen MR) is 127 cm³/mol. The first-order valence-corrected chi connectivity index (χ1v) is 13.3. The minimum Gasteiger partial charge on any atom is -0.325 e. The predicted octanol–water partition coefficient (Wildman–Crippen LogP) is 5.89. The molecule has 0 unspecified atom stereocenters. The Kier molecular flexibility index (Phi) is 7.52. The Bertz CT molecular complexity index is 965. The van der Waals surface area contributed by atoms with Crippen LogP contribution >= 0.6 is 34.9 Å². The van der Waals surface area contributed by atoms with E-state index in [9.17, 15) is 4.79 Å². The summed E-state index contributed by atoms with van der Waals surface area (Å²) in [6.07, 6.45) is 8.96. The molecule has 0 spiro atoms. The molecule has 1 aliphatic carbocycles. The van der Waals surface area contributed by atoms with Crippen molar-refractivity contribution in [2.75, 3.05) is 17.3 Å². The van der Waals surface area contributed by atoms with Gasteiger partial charge in [-0.2, -0.15) is 0 Å². The first kappa shape index (κ1) is 21.5. The summed E-state index contributed by atoms with van der Waals surface area (Å²) in [5.74, 6) is 1.32. The van der Waals surface area contributed by atoms with Crippen LogP contribution < -0.4 is 5.32 Å². The van der Waals surface area contributed by atoms with Crippen molar-refractivity contribution in [1.82, 2.24) is 14.8 Å². The Labute approximate surface area is 190 Å². The van der Waals surface area contributed by atoms with Gasteiger partial charge in [-0.05, 0) is 48.7 Å². The van der Waals surface area contributed by atoms with Gasteiger partial charge in [-0.25, -0.2) is 0 Å². The summed E-state index contributed by atoms with van der Waals surface area (Å²) in [5.41, 5.74) is 0.833. The fourth-order valence-corrected chi connectivity index (χ4v) is 5.81. The molecule has 30 heavy (non-hydrogen) atoms. The average molecular weight is 459 g/mol. The number of anilines is 1. The van der Waals surface area contributed by atoms with Gasteiger partial charge in [0.2, 0.25) is 5.91 Å². The Morgan fingerprint density at radius 2 is 2.07 bits per heavy atom. The van der Waals surface area contributed by atoms with Crippen LogP contribution in [0.5, 0.6) is 0 Å². The van der Waals surface area contributed by atoms with Gasteiger partial charge in [0.1, 0.15) is 5.82 Å². The number of carbonyl (C=O) groups is 1. The molecule has 0 saturated heterocycles. The summed E-state index contributed by atoms with van der Waals surface area (Å²) in [7, 11) is 0. The van der Waals surface area contributed by atoms with Gasteiger partial charge in [0.15, 0.2) is 5.16 Å². The highest BCUT2D eigenvalue weighted by atomic mass is 32.2. The van der Waals surface area contributed by atoms with Crippen molar-refractivity contribution < 1.29 is 4.79 Å². The molecule has 2 heterocycles. The van der Waals surface area contributed by atoms with E-state index in [1.165, 1.54) is 35.9 Å². The van der Waals surface area contributed by atoms with Crippen LogP contribution in [0.15, 0.2) is 51.8 Å². The van der Waals surface area contributed by atoms with Crippen molar-refractivity contribution in [3.8, 4) is 0 Å². The molecule has 158 valence electrons. The highest BCUT2D eigenvalue weighted by molar-refractivity contribution is 7.99. The van der Waals surface area contributed by atoms with Crippen molar-refractivity contribution in [2.45, 2.75) is 54.6 Å². The fourth-order valence-electron chi connectivity index (χ4n) is 3.83. The van der Waals surface area contributed by atoms with Crippen LogP contribution in [0, 0.1) is 0 Å². The summed E-state index contributed by atoms with van der Waals surface area (Å²) in [6.45, 7) is 0. The second-order valence-electron chi connectivity index (χ2n) is 7.39. The number of carbonyl (C=O) groups excluding carboxylic acids is 1. The summed E-state index contributed by atoms with van der Waals surface area (Å²) in [4.78, 5) is 15.0. The molecular weight excluding hydrogens is 432 g/mol. The molecule has 1 amide bonds. The monoisotopic (exact) mass is 458 g/mol. The topological polar surface area (TPSA) is 59.8 Å². The van der Waals surface area contributed by atoms with Gasteiger partial charge in [0.25, 0.3) is 0 Å². The zero-order valence-electron chi connectivity index (χ0n) is 17.0. The van der Waals surface area contributed by atoms with E-state index < -0.39 is 0 Å². The zero-order chi connectivity index (χ0) is 20.8. The molecule has 1 saturated carbocycles. The lowest BCUT2D eigenvalue weighted by atomic mass is 9.95. The van der Waals surface area contributed by atoms with Crippen molar-refractivity contribution in [1.29, 1.82) is 0 Å². The number of rotatable bonds is 8. The smallest absolute Gasteiger partial charge is 0.234 e. The van der Waals surface area contributed by atoms with Gasteiger partial charge < -0.3 is 9.88 Å². The highest BCUT2D eigenvalue weighted by Gasteiger charge is 2.23. The van der Waals surface area contributed by atoms with E-state index in [0.717, 1.165) is 40.8 Å². The summed E-state index contributed by atoms with van der Waals surface area (Å²) < 4.78 is 2.31. The Balaban J connectivity index is 1.45. The van der Waals surface area contributed by atoms with Gasteiger partial charge >= 0.3 is 0 Å². The molecular formula is C22H26N4OS3. The largest absolute Gasteiger partial charge is 0.325 e. The van der Waals surface area contributed by atoms with Crippen LogP contribution in [-0.2, 0) is 11.2 Å². The van der Waals surface area contributed by atoms with Crippen LogP contribution in [0.3, 0.4) is 0 Å². The quantitative estimate of drug-likeness (QED) is 0.427. The van der Waals surface area contributed by atoms with Crippen LogP contribution in [0.4, 0.5) is 5.69 Å². The Hall–Kier alpha value is -1.77. The van der Waals surface area contributed by atoms with E-state index >= 15 is 0 Å². The number of nitrogens with zero attached hydrogens (tertiary/aromatic N) is 3. The molecule has 0 atom stereocenters. The van der Waals surface area contributed by atoms with Gasteiger partial charge in [-0.3, -0.25) is 4.79 Å². The second-order valence-corrected chi connectivity index (χ2v) is 10.2. The van der Waals surface area contributed by atoms with Gasteiger partial charge in [0, 0.05) is 27.9 Å². The van der Waals surface area contributed by atoms with Crippen LogP contribution in [0.1, 0.15) is 48.8 Å². The van der Waals surface area contributed by atoms with Crippen LogP contribution in [0.2, 0.25) is 0 Å². The molecule has 8 heteroatoms. The maximum Gasteiger partial charge on any atom is 0.234 e. The second kappa shape index (κ2) is 10.5. The van der Waals surface area contributed by atoms with Gasteiger partial charge in [-0.15, -0.1) is 33.3 Å². The molecule has 0 aliphatic heterocycles. The van der Waals surface area contributed by atoms with E-state index in [-0.39, 0.29) is 5.91 Å². The van der Waals surface area contributed by atoms with Crippen molar-refractivity contribution in [3.63, 3.8) is 0 Å². The lowest BCUT2D eigenvalue weighted by Crippen LogP contribution is -2.18. The first-order valence-electron chi connectivity index (χ1n) is 10.3. The van der Waals surface area contributed by atoms with Crippen molar-refractivity contribution in [3.05, 3.63) is 52.5 Å². The molecule has 1 aromatic carbocycles. The zero-order valence-corrected chi connectivity index (χ0v) is 19.5. The number of thioether (sulfide) groups is 2.